The van der Waals surface area contributed by atoms with Gasteiger partial charge in [0.25, 0.3) is 5.79 Å². The number of carbonyl (C=O) groups is 2. The normalized spacial score (nSPS) is 22.4. The molecule has 1 atom stereocenters. The predicted octanol–water partition coefficient (Wildman–Crippen LogP) is 3.67. The fraction of sp³-hybridized carbons (Fsp3) is 0.571. The molecule has 0 radical (unpaired) electrons. The molecule has 2 heterocycles. The molecule has 1 fully saturated rings. The Balaban J connectivity index is 2.10. The maximum absolute atomic E-state index is 13.3. The van der Waals surface area contributed by atoms with E-state index in [1.807, 2.05) is 25.1 Å². The highest BCUT2D eigenvalue weighted by molar-refractivity contribution is 6.08. The molecular weight excluding hydrogens is 386 g/mol. The number of azo groups is 1. The molecule has 1 amide bonds. The van der Waals surface area contributed by atoms with Crippen LogP contribution in [-0.4, -0.2) is 52.9 Å². The molecule has 3 rings (SSSR count). The van der Waals surface area contributed by atoms with Gasteiger partial charge in [0, 0.05) is 13.1 Å². The van der Waals surface area contributed by atoms with Crippen molar-refractivity contribution in [1.29, 1.82) is 0 Å². The summed E-state index contributed by atoms with van der Waals surface area (Å²) in [5.74, 6) is -2.24. The lowest BCUT2D eigenvalue weighted by molar-refractivity contribution is -0.168. The van der Waals surface area contributed by atoms with Crippen molar-refractivity contribution in [3.8, 4) is 0 Å². The summed E-state index contributed by atoms with van der Waals surface area (Å²) in [5.41, 5.74) is 0.785. The number of carbonyl (C=O) groups excluding carboxylic acids is 2. The lowest BCUT2D eigenvalue weighted by Crippen LogP contribution is -2.61. The molecule has 0 bridgehead atoms. The molecule has 0 aromatic heterocycles. The molecule has 2 aliphatic rings. The topological polar surface area (TPSA) is 105 Å². The summed E-state index contributed by atoms with van der Waals surface area (Å²) in [6.45, 7) is 13.0. The maximum Gasteiger partial charge on any atom is 0.413 e. The van der Waals surface area contributed by atoms with Crippen LogP contribution in [-0.2, 0) is 14.3 Å². The summed E-state index contributed by atoms with van der Waals surface area (Å²) in [7, 11) is 0. The number of amides is 1. The van der Waals surface area contributed by atoms with Gasteiger partial charge in [-0.1, -0.05) is 12.1 Å². The number of esters is 1. The van der Waals surface area contributed by atoms with Crippen molar-refractivity contribution in [2.75, 3.05) is 13.1 Å². The van der Waals surface area contributed by atoms with E-state index in [2.05, 4.69) is 20.5 Å². The van der Waals surface area contributed by atoms with E-state index < -0.39 is 29.1 Å². The van der Waals surface area contributed by atoms with Crippen molar-refractivity contribution >= 4 is 23.6 Å². The average Bonchev–Trinajstić information content (AvgIpc) is 3.18. The Morgan fingerprint density at radius 2 is 1.77 bits per heavy atom. The van der Waals surface area contributed by atoms with E-state index in [0.717, 1.165) is 11.1 Å². The number of aryl methyl sites for hydroxylation is 1. The van der Waals surface area contributed by atoms with Crippen molar-refractivity contribution in [2.45, 2.75) is 65.5 Å². The van der Waals surface area contributed by atoms with Gasteiger partial charge in [-0.05, 0) is 60.1 Å². The van der Waals surface area contributed by atoms with Gasteiger partial charge >= 0.3 is 12.1 Å². The first-order valence-electron chi connectivity index (χ1n) is 9.93. The van der Waals surface area contributed by atoms with Crippen LogP contribution in [0.5, 0.6) is 0 Å². The monoisotopic (exact) mass is 415 g/mol. The largest absolute Gasteiger partial charge is 0.456 e. The molecule has 30 heavy (non-hydrogen) atoms. The Hall–Kier alpha value is -2.81. The minimum Gasteiger partial charge on any atom is -0.456 e. The van der Waals surface area contributed by atoms with Crippen LogP contribution in [0.25, 0.3) is 0 Å². The van der Waals surface area contributed by atoms with Gasteiger partial charge in [-0.25, -0.2) is 14.6 Å². The molecule has 1 aromatic rings. The van der Waals surface area contributed by atoms with Gasteiger partial charge in [0.2, 0.25) is 0 Å². The van der Waals surface area contributed by atoms with Crippen LogP contribution < -0.4 is 5.32 Å². The molecule has 0 spiro atoms. The second-order valence-electron chi connectivity index (χ2n) is 9.34. The Morgan fingerprint density at radius 3 is 2.40 bits per heavy atom. The number of hydrogen-bond donors (Lipinski definition) is 1. The smallest absolute Gasteiger partial charge is 0.413 e. The number of ether oxygens (including phenoxy) is 2. The lowest BCUT2D eigenvalue weighted by Gasteiger charge is -2.35. The molecular formula is C21H29N5O4. The van der Waals surface area contributed by atoms with E-state index in [-0.39, 0.29) is 12.4 Å². The van der Waals surface area contributed by atoms with Crippen LogP contribution in [0.15, 0.2) is 33.4 Å². The minimum atomic E-state index is -1.80. The molecule has 1 N–H and O–H groups in total. The number of amidine groups is 1. The molecule has 0 saturated carbocycles. The van der Waals surface area contributed by atoms with Crippen LogP contribution in [0, 0.1) is 6.92 Å². The van der Waals surface area contributed by atoms with Gasteiger partial charge in [0.15, 0.2) is 5.84 Å². The molecule has 1 unspecified atom stereocenters. The standard InChI is InChI=1S/C21H29N5O4/c1-13-9-8-10-14-15(13)16(25-24-14)23-21(17(27)29-19(2,3)4)22-11-12-26(21)18(28)30-20(5,6)7/h8-10,22H,11-12H2,1-7H3. The number of fused-ring (bicyclic) bond motifs is 1. The van der Waals surface area contributed by atoms with Gasteiger partial charge in [-0.3, -0.25) is 10.2 Å². The van der Waals surface area contributed by atoms with Crippen molar-refractivity contribution in [3.63, 3.8) is 0 Å². The van der Waals surface area contributed by atoms with E-state index in [1.54, 1.807) is 41.5 Å². The Morgan fingerprint density at radius 1 is 1.10 bits per heavy atom. The van der Waals surface area contributed by atoms with Gasteiger partial charge in [0.05, 0.1) is 11.3 Å². The molecule has 9 heteroatoms. The summed E-state index contributed by atoms with van der Waals surface area (Å²) in [4.78, 5) is 32.2. The molecule has 0 aliphatic carbocycles. The first kappa shape index (κ1) is 21.9. The van der Waals surface area contributed by atoms with Crippen molar-refractivity contribution in [2.24, 2.45) is 15.2 Å². The highest BCUT2D eigenvalue weighted by Crippen LogP contribution is 2.33. The second-order valence-corrected chi connectivity index (χ2v) is 9.34. The van der Waals surface area contributed by atoms with E-state index in [0.29, 0.717) is 12.2 Å². The number of nitrogens with zero attached hydrogens (tertiary/aromatic N) is 4. The van der Waals surface area contributed by atoms with Crippen molar-refractivity contribution in [3.05, 3.63) is 29.3 Å². The lowest BCUT2D eigenvalue weighted by atomic mass is 10.1. The van der Waals surface area contributed by atoms with Crippen LogP contribution >= 0.6 is 0 Å². The van der Waals surface area contributed by atoms with Gasteiger partial charge in [-0.2, -0.15) is 0 Å². The first-order chi connectivity index (χ1) is 13.8. The van der Waals surface area contributed by atoms with E-state index >= 15 is 0 Å². The third kappa shape index (κ3) is 4.35. The fourth-order valence-electron chi connectivity index (χ4n) is 3.23. The SMILES string of the molecule is Cc1cccc2c1C(=NC1(C(=O)OC(C)(C)C)NCCN1C(=O)OC(C)(C)C)N=N2. The zero-order valence-corrected chi connectivity index (χ0v) is 18.6. The first-order valence-corrected chi connectivity index (χ1v) is 9.93. The van der Waals surface area contributed by atoms with Crippen LogP contribution in [0.4, 0.5) is 10.5 Å². The van der Waals surface area contributed by atoms with Crippen LogP contribution in [0.1, 0.15) is 52.7 Å². The second kappa shape index (κ2) is 7.46. The summed E-state index contributed by atoms with van der Waals surface area (Å²) >= 11 is 0. The quantitative estimate of drug-likeness (QED) is 0.742. The highest BCUT2D eigenvalue weighted by Gasteiger charge is 2.54. The Labute approximate surface area is 176 Å². The van der Waals surface area contributed by atoms with Gasteiger partial charge in [0.1, 0.15) is 11.2 Å². The van der Waals surface area contributed by atoms with E-state index in [4.69, 9.17) is 9.47 Å². The average molecular weight is 415 g/mol. The number of hydrogen-bond acceptors (Lipinski definition) is 7. The molecule has 1 saturated heterocycles. The summed E-state index contributed by atoms with van der Waals surface area (Å²) in [5, 5.41) is 11.4. The number of nitrogens with one attached hydrogen (secondary N) is 1. The highest BCUT2D eigenvalue weighted by atomic mass is 16.6. The van der Waals surface area contributed by atoms with Crippen LogP contribution in [0.2, 0.25) is 0 Å². The van der Waals surface area contributed by atoms with Crippen LogP contribution in [0.3, 0.4) is 0 Å². The van der Waals surface area contributed by atoms with E-state index in [9.17, 15) is 9.59 Å². The Kier molecular flexibility index (Phi) is 5.44. The zero-order valence-electron chi connectivity index (χ0n) is 18.6. The predicted molar refractivity (Wildman–Crippen MR) is 112 cm³/mol. The summed E-state index contributed by atoms with van der Waals surface area (Å²) in [6, 6.07) is 5.61. The molecule has 9 nitrogen and oxygen atoms in total. The third-order valence-corrected chi connectivity index (χ3v) is 4.39. The zero-order chi connectivity index (χ0) is 22.3. The fourth-order valence-corrected chi connectivity index (χ4v) is 3.23. The summed E-state index contributed by atoms with van der Waals surface area (Å²) in [6.07, 6.45) is -0.664. The summed E-state index contributed by atoms with van der Waals surface area (Å²) < 4.78 is 11.2. The number of aliphatic imine (C=N–C) groups is 1. The third-order valence-electron chi connectivity index (χ3n) is 4.39. The molecule has 162 valence electrons. The number of benzene rings is 1. The number of rotatable bonds is 2. The molecule has 2 aliphatic heterocycles. The van der Waals surface area contributed by atoms with Crippen molar-refractivity contribution < 1.29 is 19.1 Å². The Bertz CT molecular complexity index is 926. The maximum atomic E-state index is 13.3. The van der Waals surface area contributed by atoms with Gasteiger partial charge < -0.3 is 9.47 Å². The van der Waals surface area contributed by atoms with E-state index in [1.165, 1.54) is 4.90 Å². The minimum absolute atomic E-state index is 0.225. The van der Waals surface area contributed by atoms with Gasteiger partial charge in [-0.15, -0.1) is 10.2 Å². The molecule has 1 aromatic carbocycles. The van der Waals surface area contributed by atoms with Crippen molar-refractivity contribution in [1.82, 2.24) is 10.2 Å².